The molecule has 9 heteroatoms. The van der Waals surface area contributed by atoms with Gasteiger partial charge >= 0.3 is 23.9 Å². The summed E-state index contributed by atoms with van der Waals surface area (Å²) in [5, 5.41) is 0. The number of esters is 4. The number of hydrogen-bond acceptors (Lipinski definition) is 9. The average molecular weight is 619 g/mol. The second-order valence-corrected chi connectivity index (χ2v) is 10.9. The normalized spacial score (nSPS) is 13.1. The molecule has 0 spiro atoms. The molecule has 0 unspecified atom stereocenters. The fourth-order valence-corrected chi connectivity index (χ4v) is 4.43. The van der Waals surface area contributed by atoms with E-state index in [1.807, 2.05) is 24.3 Å². The Morgan fingerprint density at radius 1 is 0.756 bits per heavy atom. The van der Waals surface area contributed by atoms with Crippen LogP contribution in [-0.4, -0.2) is 43.2 Å². The Hall–Kier alpha value is -4.66. The van der Waals surface area contributed by atoms with Crippen LogP contribution < -0.4 is 14.2 Å². The van der Waals surface area contributed by atoms with E-state index in [-0.39, 0.29) is 30.3 Å². The minimum atomic E-state index is -0.552. The number of rotatable bonds is 17. The average Bonchev–Trinajstić information content (AvgIpc) is 3.03. The Morgan fingerprint density at radius 3 is 2.00 bits per heavy atom. The monoisotopic (exact) mass is 618 g/mol. The van der Waals surface area contributed by atoms with Gasteiger partial charge in [-0.15, -0.1) is 0 Å². The van der Waals surface area contributed by atoms with E-state index in [4.69, 9.17) is 23.7 Å². The Morgan fingerprint density at radius 2 is 1.36 bits per heavy atom. The van der Waals surface area contributed by atoms with Gasteiger partial charge in [-0.3, -0.25) is 4.79 Å². The highest BCUT2D eigenvalue weighted by atomic mass is 16.6. The summed E-state index contributed by atoms with van der Waals surface area (Å²) >= 11 is 0. The van der Waals surface area contributed by atoms with E-state index >= 15 is 0 Å². The molecule has 3 rings (SSSR count). The molecule has 45 heavy (non-hydrogen) atoms. The number of carbonyl (C=O) groups is 4. The van der Waals surface area contributed by atoms with E-state index in [0.29, 0.717) is 24.5 Å². The van der Waals surface area contributed by atoms with Crippen LogP contribution in [-0.2, 0) is 28.7 Å². The van der Waals surface area contributed by atoms with E-state index in [1.165, 1.54) is 36.8 Å². The van der Waals surface area contributed by atoms with Gasteiger partial charge in [-0.25, -0.2) is 14.4 Å². The highest BCUT2D eigenvalue weighted by Crippen LogP contribution is 2.22. The molecule has 0 heterocycles. The van der Waals surface area contributed by atoms with Crippen LogP contribution in [0.5, 0.6) is 17.2 Å². The van der Waals surface area contributed by atoms with Crippen LogP contribution in [0.2, 0.25) is 0 Å². The molecule has 2 aromatic carbocycles. The van der Waals surface area contributed by atoms with Crippen LogP contribution in [0.3, 0.4) is 0 Å². The van der Waals surface area contributed by atoms with Gasteiger partial charge in [-0.1, -0.05) is 31.7 Å². The van der Waals surface area contributed by atoms with E-state index in [0.717, 1.165) is 56.3 Å². The third kappa shape index (κ3) is 13.7. The highest BCUT2D eigenvalue weighted by molar-refractivity contribution is 5.93. The van der Waals surface area contributed by atoms with Crippen molar-refractivity contribution in [3.8, 4) is 17.2 Å². The summed E-state index contributed by atoms with van der Waals surface area (Å²) in [6, 6.07) is 13.5. The molecule has 1 aliphatic carbocycles. The quantitative estimate of drug-likeness (QED) is 0.0793. The van der Waals surface area contributed by atoms with Crippen molar-refractivity contribution in [2.24, 2.45) is 0 Å². The van der Waals surface area contributed by atoms with Crippen LogP contribution in [0.25, 0.3) is 6.08 Å². The van der Waals surface area contributed by atoms with Gasteiger partial charge in [0.25, 0.3) is 0 Å². The van der Waals surface area contributed by atoms with E-state index in [1.54, 1.807) is 13.0 Å². The zero-order chi connectivity index (χ0) is 32.4. The minimum Gasteiger partial charge on any atom is -0.494 e. The number of benzene rings is 2. The predicted molar refractivity (Wildman–Crippen MR) is 170 cm³/mol. The molecule has 0 bridgehead atoms. The van der Waals surface area contributed by atoms with Crippen LogP contribution in [0, 0.1) is 0 Å². The molecule has 2 aromatic rings. The third-order valence-electron chi connectivity index (χ3n) is 6.93. The molecule has 240 valence electrons. The molecule has 1 saturated carbocycles. The van der Waals surface area contributed by atoms with Gasteiger partial charge in [0.05, 0.1) is 19.6 Å². The summed E-state index contributed by atoms with van der Waals surface area (Å²) in [7, 11) is 0. The van der Waals surface area contributed by atoms with Gasteiger partial charge in [-0.2, -0.15) is 0 Å². The van der Waals surface area contributed by atoms with E-state index in [2.05, 4.69) is 13.2 Å². The molecule has 9 nitrogen and oxygen atoms in total. The van der Waals surface area contributed by atoms with Crippen molar-refractivity contribution in [1.29, 1.82) is 0 Å². The fourth-order valence-electron chi connectivity index (χ4n) is 4.43. The first-order chi connectivity index (χ1) is 21.7. The van der Waals surface area contributed by atoms with Gasteiger partial charge in [0.2, 0.25) is 0 Å². The van der Waals surface area contributed by atoms with Crippen molar-refractivity contribution in [2.45, 2.75) is 77.2 Å². The molecule has 0 radical (unpaired) electrons. The summed E-state index contributed by atoms with van der Waals surface area (Å²) < 4.78 is 26.8. The van der Waals surface area contributed by atoms with Crippen molar-refractivity contribution >= 4 is 30.0 Å². The number of carbonyl (C=O) groups excluding carboxylic acids is 4. The molecule has 1 aliphatic rings. The van der Waals surface area contributed by atoms with Crippen molar-refractivity contribution in [3.63, 3.8) is 0 Å². The third-order valence-corrected chi connectivity index (χ3v) is 6.93. The highest BCUT2D eigenvalue weighted by Gasteiger charge is 2.20. The molecule has 0 aromatic heterocycles. The van der Waals surface area contributed by atoms with Crippen LogP contribution >= 0.6 is 0 Å². The first kappa shape index (κ1) is 34.8. The summed E-state index contributed by atoms with van der Waals surface area (Å²) in [5.74, 6) is -0.675. The van der Waals surface area contributed by atoms with Crippen molar-refractivity contribution in [1.82, 2.24) is 0 Å². The molecule has 0 amide bonds. The molecule has 0 atom stereocenters. The van der Waals surface area contributed by atoms with Crippen LogP contribution in [0.4, 0.5) is 0 Å². The van der Waals surface area contributed by atoms with Gasteiger partial charge in [-0.05, 0) is 106 Å². The maximum atomic E-state index is 12.2. The maximum absolute atomic E-state index is 12.2. The van der Waals surface area contributed by atoms with Crippen LogP contribution in [0.1, 0.15) is 76.7 Å². The van der Waals surface area contributed by atoms with Gasteiger partial charge in [0.1, 0.15) is 23.4 Å². The summed E-state index contributed by atoms with van der Waals surface area (Å²) in [5.41, 5.74) is 1.22. The topological polar surface area (TPSA) is 114 Å². The summed E-state index contributed by atoms with van der Waals surface area (Å²) in [4.78, 5) is 47.9. The maximum Gasteiger partial charge on any atom is 0.338 e. The first-order valence-electron chi connectivity index (χ1n) is 15.3. The lowest BCUT2D eigenvalue weighted by Gasteiger charge is -2.21. The molecule has 1 fully saturated rings. The largest absolute Gasteiger partial charge is 0.494 e. The van der Waals surface area contributed by atoms with E-state index < -0.39 is 23.9 Å². The fraction of sp³-hybridized carbons (Fsp3) is 0.389. The Kier molecular flexibility index (Phi) is 14.6. The minimum absolute atomic E-state index is 0.0419. The van der Waals surface area contributed by atoms with E-state index in [9.17, 15) is 19.2 Å². The summed E-state index contributed by atoms with van der Waals surface area (Å²) in [6.45, 7) is 9.59. The first-order valence-corrected chi connectivity index (χ1v) is 15.3. The summed E-state index contributed by atoms with van der Waals surface area (Å²) in [6.07, 6.45) is 11.2. The number of ether oxygens (including phenoxy) is 5. The Balaban J connectivity index is 1.23. The Labute approximate surface area is 264 Å². The van der Waals surface area contributed by atoms with Gasteiger partial charge in [0.15, 0.2) is 0 Å². The molecule has 0 aliphatic heterocycles. The zero-order valence-electron chi connectivity index (χ0n) is 25.9. The predicted octanol–water partition coefficient (Wildman–Crippen LogP) is 7.09. The molecule has 0 saturated heterocycles. The van der Waals surface area contributed by atoms with Gasteiger partial charge in [0, 0.05) is 17.2 Å². The Bertz CT molecular complexity index is 1330. The second kappa shape index (κ2) is 18.9. The SMILES string of the molecule is C=C(C)C(=O)Oc1ccc(OC(=O)/C=C/c2ccc(OCCCCCCOC(=O)C(=C)CC(=O)OC3CCCCC3)cc2)cc1. The lowest BCUT2D eigenvalue weighted by molar-refractivity contribution is -0.151. The molecular formula is C36H42O9. The van der Waals surface area contributed by atoms with Crippen molar-refractivity contribution in [2.75, 3.05) is 13.2 Å². The van der Waals surface area contributed by atoms with Crippen molar-refractivity contribution in [3.05, 3.63) is 84.5 Å². The lowest BCUT2D eigenvalue weighted by atomic mass is 9.98. The number of unbranched alkanes of at least 4 members (excludes halogenated alkanes) is 3. The zero-order valence-corrected chi connectivity index (χ0v) is 25.9. The smallest absolute Gasteiger partial charge is 0.338 e. The number of hydrogen-bond donors (Lipinski definition) is 0. The molecule has 0 N–H and O–H groups in total. The standard InChI is InChI=1S/C36H42O9/c1-26(2)35(39)45-32-20-18-31(19-21-32)43-33(37)22-15-28-13-16-29(17-14-28)41-23-9-4-5-10-24-42-36(40)27(3)25-34(38)44-30-11-7-6-8-12-30/h13-22,30H,1,3-12,23-25H2,2H3/b22-15+. The molecular weight excluding hydrogens is 576 g/mol. The van der Waals surface area contributed by atoms with Crippen LogP contribution in [0.15, 0.2) is 78.9 Å². The lowest BCUT2D eigenvalue weighted by Crippen LogP contribution is -2.22. The second-order valence-electron chi connectivity index (χ2n) is 10.9. The van der Waals surface area contributed by atoms with Gasteiger partial charge < -0.3 is 23.7 Å². The van der Waals surface area contributed by atoms with Crippen molar-refractivity contribution < 1.29 is 42.9 Å².